The normalized spacial score (nSPS) is 16.3. The van der Waals surface area contributed by atoms with E-state index >= 15 is 0 Å². The molecule has 28 heavy (non-hydrogen) atoms. The first-order chi connectivity index (χ1) is 13.7. The molecule has 140 valence electrons. The molecule has 0 aliphatic carbocycles. The number of hydrogen-bond donors (Lipinski definition) is 1. The number of fused-ring (bicyclic) bond motifs is 2. The Kier molecular flexibility index (Phi) is 4.01. The van der Waals surface area contributed by atoms with E-state index < -0.39 is 0 Å². The van der Waals surface area contributed by atoms with Crippen LogP contribution < -0.4 is 0 Å². The third-order valence-electron chi connectivity index (χ3n) is 5.69. The molecule has 1 aliphatic rings. The van der Waals surface area contributed by atoms with Gasteiger partial charge in [0.2, 0.25) is 5.91 Å². The smallest absolute Gasteiger partial charge is 0.227 e. The fourth-order valence-electron chi connectivity index (χ4n) is 4.25. The molecule has 1 N–H and O–H groups in total. The summed E-state index contributed by atoms with van der Waals surface area (Å²) in [5.41, 5.74) is 5.79. The van der Waals surface area contributed by atoms with Gasteiger partial charge in [0.1, 0.15) is 0 Å². The summed E-state index contributed by atoms with van der Waals surface area (Å²) >= 11 is 0. The lowest BCUT2D eigenvalue weighted by atomic mass is 9.86. The molecule has 1 amide bonds. The summed E-state index contributed by atoms with van der Waals surface area (Å²) in [5, 5.41) is 5.46. The first kappa shape index (κ1) is 16.8. The summed E-state index contributed by atoms with van der Waals surface area (Å²) in [5.74, 6) is 0.318. The van der Waals surface area contributed by atoms with Gasteiger partial charge in [0.05, 0.1) is 12.6 Å². The number of aryl methyl sites for hydroxylation is 1. The maximum absolute atomic E-state index is 13.2. The second-order valence-corrected chi connectivity index (χ2v) is 7.51. The summed E-state index contributed by atoms with van der Waals surface area (Å²) in [4.78, 5) is 18.4. The number of rotatable bonds is 3. The summed E-state index contributed by atoms with van der Waals surface area (Å²) in [6.07, 6.45) is 6.33. The van der Waals surface area contributed by atoms with Gasteiger partial charge in [-0.15, -0.1) is 0 Å². The quantitative estimate of drug-likeness (QED) is 0.599. The molecular formula is C23H22N4O. The minimum absolute atomic E-state index is 0.158. The monoisotopic (exact) mass is 370 g/mol. The SMILES string of the molecule is Cn1cc(C2CN(C(=O)Cc3c[nH]c4ccccc34)Cc3ccccc32)cn1. The van der Waals surface area contributed by atoms with Crippen LogP contribution in [0.5, 0.6) is 0 Å². The van der Waals surface area contributed by atoms with Crippen molar-refractivity contribution >= 4 is 16.8 Å². The zero-order valence-electron chi connectivity index (χ0n) is 15.8. The van der Waals surface area contributed by atoms with E-state index in [1.165, 1.54) is 11.1 Å². The van der Waals surface area contributed by atoms with Crippen molar-refractivity contribution in [3.63, 3.8) is 0 Å². The van der Waals surface area contributed by atoms with E-state index in [1.54, 1.807) is 0 Å². The molecule has 0 spiro atoms. The van der Waals surface area contributed by atoms with E-state index in [1.807, 2.05) is 53.3 Å². The van der Waals surface area contributed by atoms with Gasteiger partial charge in [0.15, 0.2) is 0 Å². The molecule has 2 aromatic carbocycles. The van der Waals surface area contributed by atoms with Crippen LogP contribution in [0.3, 0.4) is 0 Å². The van der Waals surface area contributed by atoms with E-state index in [4.69, 9.17) is 0 Å². The average Bonchev–Trinajstić information content (AvgIpc) is 3.33. The van der Waals surface area contributed by atoms with Crippen molar-refractivity contribution in [1.82, 2.24) is 19.7 Å². The molecule has 1 aliphatic heterocycles. The predicted molar refractivity (Wildman–Crippen MR) is 109 cm³/mol. The molecular weight excluding hydrogens is 348 g/mol. The molecule has 3 heterocycles. The molecule has 5 heteroatoms. The highest BCUT2D eigenvalue weighted by atomic mass is 16.2. The van der Waals surface area contributed by atoms with Crippen LogP contribution in [-0.2, 0) is 24.8 Å². The highest BCUT2D eigenvalue weighted by molar-refractivity contribution is 5.89. The first-order valence-electron chi connectivity index (χ1n) is 9.58. The lowest BCUT2D eigenvalue weighted by molar-refractivity contribution is -0.131. The molecule has 2 aromatic heterocycles. The summed E-state index contributed by atoms with van der Waals surface area (Å²) < 4.78 is 1.82. The zero-order valence-corrected chi connectivity index (χ0v) is 15.8. The Morgan fingerprint density at radius 3 is 2.86 bits per heavy atom. The van der Waals surface area contributed by atoms with Crippen LogP contribution in [0.2, 0.25) is 0 Å². The van der Waals surface area contributed by atoms with Crippen LogP contribution in [-0.4, -0.2) is 32.1 Å². The average molecular weight is 370 g/mol. The standard InChI is InChI=1S/C23H22N4O/c1-26-13-18(12-25-26)21-15-27(14-16-6-2-3-7-19(16)21)23(28)10-17-11-24-22-9-5-4-8-20(17)22/h2-9,11-13,21,24H,10,14-15H2,1H3. The molecule has 0 fully saturated rings. The minimum Gasteiger partial charge on any atom is -0.361 e. The molecule has 5 nitrogen and oxygen atoms in total. The predicted octanol–water partition coefficient (Wildman–Crippen LogP) is 3.62. The summed E-state index contributed by atoms with van der Waals surface area (Å²) in [7, 11) is 1.93. The van der Waals surface area contributed by atoms with E-state index in [9.17, 15) is 4.79 Å². The number of carbonyl (C=O) groups excluding carboxylic acids is 1. The zero-order chi connectivity index (χ0) is 19.1. The van der Waals surface area contributed by atoms with Gasteiger partial charge in [-0.05, 0) is 28.3 Å². The lowest BCUT2D eigenvalue weighted by Crippen LogP contribution is -2.39. The Hall–Kier alpha value is -3.34. The van der Waals surface area contributed by atoms with Crippen molar-refractivity contribution < 1.29 is 4.79 Å². The van der Waals surface area contributed by atoms with Gasteiger partial charge < -0.3 is 9.88 Å². The van der Waals surface area contributed by atoms with Crippen molar-refractivity contribution in [3.05, 3.63) is 89.4 Å². The summed E-state index contributed by atoms with van der Waals surface area (Å²) in [6.45, 7) is 1.35. The second-order valence-electron chi connectivity index (χ2n) is 7.51. The van der Waals surface area contributed by atoms with Crippen LogP contribution >= 0.6 is 0 Å². The van der Waals surface area contributed by atoms with Crippen molar-refractivity contribution in [2.45, 2.75) is 18.9 Å². The molecule has 4 aromatic rings. The number of para-hydroxylation sites is 1. The van der Waals surface area contributed by atoms with Gasteiger partial charge in [-0.3, -0.25) is 9.48 Å². The number of nitrogens with zero attached hydrogens (tertiary/aromatic N) is 3. The van der Waals surface area contributed by atoms with Crippen molar-refractivity contribution in [2.24, 2.45) is 7.05 Å². The Morgan fingerprint density at radius 2 is 2.00 bits per heavy atom. The number of aromatic amines is 1. The van der Waals surface area contributed by atoms with Gasteiger partial charge in [-0.1, -0.05) is 42.5 Å². The number of H-pyrrole nitrogens is 1. The first-order valence-corrected chi connectivity index (χ1v) is 9.58. The van der Waals surface area contributed by atoms with E-state index in [0.717, 1.165) is 22.0 Å². The number of aromatic nitrogens is 3. The highest BCUT2D eigenvalue weighted by Gasteiger charge is 2.30. The van der Waals surface area contributed by atoms with E-state index in [0.29, 0.717) is 19.5 Å². The van der Waals surface area contributed by atoms with Gasteiger partial charge in [0.25, 0.3) is 0 Å². The van der Waals surface area contributed by atoms with Gasteiger partial charge in [-0.25, -0.2) is 0 Å². The van der Waals surface area contributed by atoms with Gasteiger partial charge in [-0.2, -0.15) is 5.10 Å². The van der Waals surface area contributed by atoms with Crippen molar-refractivity contribution in [3.8, 4) is 0 Å². The topological polar surface area (TPSA) is 53.9 Å². The minimum atomic E-state index is 0.158. The fourth-order valence-corrected chi connectivity index (χ4v) is 4.25. The number of nitrogens with one attached hydrogen (secondary N) is 1. The molecule has 5 rings (SSSR count). The van der Waals surface area contributed by atoms with Crippen LogP contribution in [0.15, 0.2) is 67.1 Å². The molecule has 0 saturated carbocycles. The van der Waals surface area contributed by atoms with Crippen LogP contribution in [0.4, 0.5) is 0 Å². The number of benzene rings is 2. The Bertz CT molecular complexity index is 1160. The third-order valence-corrected chi connectivity index (χ3v) is 5.69. The summed E-state index contributed by atoms with van der Waals surface area (Å²) in [6, 6.07) is 16.6. The van der Waals surface area contributed by atoms with Gasteiger partial charge >= 0.3 is 0 Å². The molecule has 0 bridgehead atoms. The maximum Gasteiger partial charge on any atom is 0.227 e. The molecule has 0 radical (unpaired) electrons. The van der Waals surface area contributed by atoms with Crippen LogP contribution in [0.25, 0.3) is 10.9 Å². The Balaban J connectivity index is 1.45. The molecule has 0 saturated heterocycles. The van der Waals surface area contributed by atoms with Gasteiger partial charge in [0, 0.05) is 49.4 Å². The van der Waals surface area contributed by atoms with Crippen molar-refractivity contribution in [1.29, 1.82) is 0 Å². The fraction of sp³-hybridized carbons (Fsp3) is 0.217. The van der Waals surface area contributed by atoms with E-state index in [2.05, 4.69) is 40.5 Å². The Morgan fingerprint density at radius 1 is 1.18 bits per heavy atom. The Labute approximate surface area is 163 Å². The number of amides is 1. The molecule has 1 unspecified atom stereocenters. The number of hydrogen-bond acceptors (Lipinski definition) is 2. The van der Waals surface area contributed by atoms with Crippen LogP contribution in [0, 0.1) is 0 Å². The van der Waals surface area contributed by atoms with Crippen molar-refractivity contribution in [2.75, 3.05) is 6.54 Å². The second kappa shape index (κ2) is 6.68. The third kappa shape index (κ3) is 2.89. The number of carbonyl (C=O) groups is 1. The molecule has 1 atom stereocenters. The largest absolute Gasteiger partial charge is 0.361 e. The van der Waals surface area contributed by atoms with E-state index in [-0.39, 0.29) is 11.8 Å². The van der Waals surface area contributed by atoms with Crippen LogP contribution in [0.1, 0.15) is 28.2 Å². The highest BCUT2D eigenvalue weighted by Crippen LogP contribution is 2.33. The lowest BCUT2D eigenvalue weighted by Gasteiger charge is -2.34. The maximum atomic E-state index is 13.2.